The fraction of sp³-hybridized carbons (Fsp3) is 0.345. The summed E-state index contributed by atoms with van der Waals surface area (Å²) in [6.45, 7) is 12.1. The van der Waals surface area contributed by atoms with Crippen LogP contribution in [0.4, 0.5) is 5.69 Å². The molecule has 1 amide bonds. The van der Waals surface area contributed by atoms with Crippen LogP contribution in [0, 0.1) is 6.92 Å². The fourth-order valence-electron chi connectivity index (χ4n) is 5.34. The molecular formula is C29H32N4O2. The first-order chi connectivity index (χ1) is 16.5. The predicted octanol–water partition coefficient (Wildman–Crippen LogP) is 5.35. The predicted molar refractivity (Wildman–Crippen MR) is 141 cm³/mol. The number of pyridine rings is 1. The number of carbonyl (C=O) groups is 1. The van der Waals surface area contributed by atoms with E-state index in [0.29, 0.717) is 5.56 Å². The van der Waals surface area contributed by atoms with Crippen molar-refractivity contribution in [3.05, 3.63) is 81.8 Å². The Bertz CT molecular complexity index is 1500. The molecule has 3 heterocycles. The summed E-state index contributed by atoms with van der Waals surface area (Å²) < 4.78 is 3.85. The highest BCUT2D eigenvalue weighted by molar-refractivity contribution is 6.10. The lowest BCUT2D eigenvalue weighted by Gasteiger charge is -2.24. The van der Waals surface area contributed by atoms with Crippen LogP contribution in [0.25, 0.3) is 22.4 Å². The number of amides is 1. The van der Waals surface area contributed by atoms with E-state index in [-0.39, 0.29) is 23.6 Å². The van der Waals surface area contributed by atoms with Crippen LogP contribution in [0.2, 0.25) is 0 Å². The zero-order chi connectivity index (χ0) is 25.2. The molecule has 6 heteroatoms. The number of hydrogen-bond donors (Lipinski definition) is 0. The van der Waals surface area contributed by atoms with E-state index in [1.165, 1.54) is 0 Å². The summed E-state index contributed by atoms with van der Waals surface area (Å²) in [6, 6.07) is 16.5. The molecule has 1 unspecified atom stereocenters. The molecule has 2 aromatic heterocycles. The van der Waals surface area contributed by atoms with Gasteiger partial charge < -0.3 is 14.0 Å². The molecule has 1 atom stereocenters. The zero-order valence-electron chi connectivity index (χ0n) is 21.5. The molecule has 0 fully saturated rings. The quantitative estimate of drug-likeness (QED) is 0.406. The number of aromatic nitrogens is 3. The molecule has 35 heavy (non-hydrogen) atoms. The molecule has 1 aliphatic heterocycles. The van der Waals surface area contributed by atoms with Crippen molar-refractivity contribution in [2.24, 2.45) is 7.05 Å². The Balaban J connectivity index is 1.85. The number of imidazole rings is 1. The van der Waals surface area contributed by atoms with Crippen molar-refractivity contribution in [2.45, 2.75) is 59.0 Å². The van der Waals surface area contributed by atoms with Crippen LogP contribution in [0.3, 0.4) is 0 Å². The molecule has 0 bridgehead atoms. The summed E-state index contributed by atoms with van der Waals surface area (Å²) in [6.07, 6.45) is 1.85. The van der Waals surface area contributed by atoms with Crippen molar-refractivity contribution < 1.29 is 4.79 Å². The van der Waals surface area contributed by atoms with E-state index in [9.17, 15) is 9.59 Å². The molecule has 0 N–H and O–H groups in total. The molecule has 180 valence electrons. The van der Waals surface area contributed by atoms with Gasteiger partial charge in [0.05, 0.1) is 28.2 Å². The molecular weight excluding hydrogens is 436 g/mol. The van der Waals surface area contributed by atoms with Crippen molar-refractivity contribution in [3.8, 4) is 11.4 Å². The van der Waals surface area contributed by atoms with E-state index in [1.54, 1.807) is 11.6 Å². The average Bonchev–Trinajstić information content (AvgIpc) is 3.28. The van der Waals surface area contributed by atoms with Gasteiger partial charge in [-0.15, -0.1) is 0 Å². The lowest BCUT2D eigenvalue weighted by molar-refractivity contribution is -0.122. The number of aryl methyl sites for hydroxylation is 2. The molecule has 1 aliphatic rings. The summed E-state index contributed by atoms with van der Waals surface area (Å²) in [5.41, 5.74) is 5.87. The fourth-order valence-corrected chi connectivity index (χ4v) is 5.34. The minimum Gasteiger partial charge on any atom is -0.318 e. The second kappa shape index (κ2) is 7.94. The van der Waals surface area contributed by atoms with Crippen LogP contribution < -0.4 is 10.5 Å². The van der Waals surface area contributed by atoms with Gasteiger partial charge in [-0.25, -0.2) is 4.98 Å². The van der Waals surface area contributed by atoms with Gasteiger partial charge in [0, 0.05) is 30.4 Å². The van der Waals surface area contributed by atoms with Crippen molar-refractivity contribution in [1.82, 2.24) is 14.1 Å². The first-order valence-electron chi connectivity index (χ1n) is 12.1. The number of benzene rings is 2. The Morgan fingerprint density at radius 1 is 0.971 bits per heavy atom. The normalized spacial score (nSPS) is 15.8. The number of rotatable bonds is 4. The van der Waals surface area contributed by atoms with Crippen molar-refractivity contribution in [1.29, 1.82) is 0 Å². The molecule has 0 radical (unpaired) electrons. The summed E-state index contributed by atoms with van der Waals surface area (Å²) in [7, 11) is 1.77. The van der Waals surface area contributed by atoms with Gasteiger partial charge in [0.1, 0.15) is 5.82 Å². The Kier molecular flexibility index (Phi) is 5.24. The highest BCUT2D eigenvalue weighted by Gasteiger charge is 2.45. The maximum absolute atomic E-state index is 13.3. The first kappa shape index (κ1) is 23.1. The minimum atomic E-state index is -0.615. The summed E-state index contributed by atoms with van der Waals surface area (Å²) in [5, 5.41) is 0. The molecule has 2 aromatic carbocycles. The third-order valence-corrected chi connectivity index (χ3v) is 7.30. The van der Waals surface area contributed by atoms with E-state index in [2.05, 4.69) is 49.6 Å². The van der Waals surface area contributed by atoms with Crippen molar-refractivity contribution >= 4 is 22.6 Å². The third-order valence-electron chi connectivity index (χ3n) is 7.30. The lowest BCUT2D eigenvalue weighted by atomic mass is 9.86. The molecule has 6 nitrogen and oxygen atoms in total. The lowest BCUT2D eigenvalue weighted by Crippen LogP contribution is -2.40. The first-order valence-corrected chi connectivity index (χ1v) is 12.1. The Labute approximate surface area is 205 Å². The highest BCUT2D eigenvalue weighted by Crippen LogP contribution is 2.45. The van der Waals surface area contributed by atoms with Crippen LogP contribution in [0.1, 0.15) is 57.4 Å². The van der Waals surface area contributed by atoms with E-state index >= 15 is 0 Å². The topological polar surface area (TPSA) is 60.1 Å². The van der Waals surface area contributed by atoms with Crippen LogP contribution in [-0.2, 0) is 17.3 Å². The number of hydrogen-bond acceptors (Lipinski definition) is 3. The largest absolute Gasteiger partial charge is 0.318 e. The van der Waals surface area contributed by atoms with Gasteiger partial charge >= 0.3 is 0 Å². The third kappa shape index (κ3) is 3.42. The number of anilines is 1. The van der Waals surface area contributed by atoms with Gasteiger partial charge in [0.25, 0.3) is 5.56 Å². The second-order valence-electron chi connectivity index (χ2n) is 10.5. The standard InChI is InChI=1S/C29H32N4O2/c1-17(2)32-24-15-25-23(14-22(24)29(5,6)28(32)35)30-26(21-13-18(3)27(34)31(7)16-21)33(25)19(4)20-11-9-8-10-12-20/h8-17,19H,1-7H3. The molecule has 4 aromatic rings. The SMILES string of the molecule is Cc1cc(-c2nc3cc4c(cc3n2C(C)c2ccccc2)N(C(C)C)C(=O)C4(C)C)cn(C)c1=O. The van der Waals surface area contributed by atoms with E-state index in [0.717, 1.165) is 39.2 Å². The van der Waals surface area contributed by atoms with Gasteiger partial charge in [0.2, 0.25) is 5.91 Å². The van der Waals surface area contributed by atoms with E-state index in [4.69, 9.17) is 4.98 Å². The van der Waals surface area contributed by atoms with Gasteiger partial charge in [-0.3, -0.25) is 9.59 Å². The molecule has 5 rings (SSSR count). The zero-order valence-corrected chi connectivity index (χ0v) is 21.5. The Hall–Kier alpha value is -3.67. The minimum absolute atomic E-state index is 0.00981. The average molecular weight is 469 g/mol. The summed E-state index contributed by atoms with van der Waals surface area (Å²) in [5.74, 6) is 0.922. The Morgan fingerprint density at radius 2 is 1.66 bits per heavy atom. The monoisotopic (exact) mass is 468 g/mol. The Morgan fingerprint density at radius 3 is 2.29 bits per heavy atom. The van der Waals surface area contributed by atoms with Crippen molar-refractivity contribution in [3.63, 3.8) is 0 Å². The second-order valence-corrected chi connectivity index (χ2v) is 10.5. The van der Waals surface area contributed by atoms with Crippen LogP contribution >= 0.6 is 0 Å². The summed E-state index contributed by atoms with van der Waals surface area (Å²) in [4.78, 5) is 32.7. The maximum atomic E-state index is 13.3. The number of fused-ring (bicyclic) bond motifs is 2. The smallest absolute Gasteiger partial charge is 0.253 e. The van der Waals surface area contributed by atoms with Gasteiger partial charge in [-0.2, -0.15) is 0 Å². The van der Waals surface area contributed by atoms with E-state index < -0.39 is 5.41 Å². The van der Waals surface area contributed by atoms with Gasteiger partial charge in [0.15, 0.2) is 0 Å². The molecule has 0 spiro atoms. The van der Waals surface area contributed by atoms with Crippen molar-refractivity contribution in [2.75, 3.05) is 4.90 Å². The van der Waals surface area contributed by atoms with Gasteiger partial charge in [-0.1, -0.05) is 30.3 Å². The number of nitrogens with zero attached hydrogens (tertiary/aromatic N) is 4. The molecule has 0 aliphatic carbocycles. The molecule has 0 saturated carbocycles. The van der Waals surface area contributed by atoms with Crippen LogP contribution in [0.5, 0.6) is 0 Å². The number of carbonyl (C=O) groups excluding carboxylic acids is 1. The highest BCUT2D eigenvalue weighted by atomic mass is 16.2. The van der Waals surface area contributed by atoms with Crippen LogP contribution in [0.15, 0.2) is 59.5 Å². The molecule has 0 saturated heterocycles. The van der Waals surface area contributed by atoms with Crippen LogP contribution in [-0.4, -0.2) is 26.1 Å². The van der Waals surface area contributed by atoms with E-state index in [1.807, 2.05) is 56.1 Å². The van der Waals surface area contributed by atoms with Gasteiger partial charge in [-0.05, 0) is 70.9 Å². The maximum Gasteiger partial charge on any atom is 0.253 e. The summed E-state index contributed by atoms with van der Waals surface area (Å²) >= 11 is 0.